The molecular formula is C12H20NO3+. The Bertz CT molecular complexity index is 304. The van der Waals surface area contributed by atoms with Crippen LogP contribution in [0.2, 0.25) is 0 Å². The monoisotopic (exact) mass is 226 g/mol. The van der Waals surface area contributed by atoms with Gasteiger partial charge in [-0.3, -0.25) is 0 Å². The Balaban J connectivity index is 2.52. The van der Waals surface area contributed by atoms with E-state index >= 15 is 0 Å². The summed E-state index contributed by atoms with van der Waals surface area (Å²) in [5.41, 5.74) is 0. The molecule has 3 N–H and O–H groups in total. The number of para-hydroxylation sites is 2. The molecule has 90 valence electrons. The topological polar surface area (TPSA) is 55.3 Å². The quantitative estimate of drug-likeness (QED) is 0.689. The predicted molar refractivity (Wildman–Crippen MR) is 61.8 cm³/mol. The standard InChI is InChI=1S/C12H19NO3/c1-3-15-11-6-4-5-7-12(11)16-9-10(14)8-13-2/h4-7,10,13-14H,3,8-9H2,1-2H3/p+1/t10-/m0/s1. The van der Waals surface area contributed by atoms with Crippen molar-refractivity contribution < 1.29 is 19.9 Å². The Labute approximate surface area is 96.2 Å². The Morgan fingerprint density at radius 2 is 1.88 bits per heavy atom. The summed E-state index contributed by atoms with van der Waals surface area (Å²) < 4.78 is 10.9. The van der Waals surface area contributed by atoms with Crippen LogP contribution in [-0.2, 0) is 0 Å². The minimum absolute atomic E-state index is 0.286. The molecule has 4 heteroatoms. The molecule has 1 rings (SSSR count). The molecule has 0 fully saturated rings. The first kappa shape index (κ1) is 12.8. The molecule has 16 heavy (non-hydrogen) atoms. The summed E-state index contributed by atoms with van der Waals surface area (Å²) in [6, 6.07) is 7.48. The molecule has 0 aromatic heterocycles. The van der Waals surface area contributed by atoms with E-state index < -0.39 is 6.10 Å². The van der Waals surface area contributed by atoms with Crippen molar-refractivity contribution in [2.45, 2.75) is 13.0 Å². The van der Waals surface area contributed by atoms with Crippen LogP contribution in [0.4, 0.5) is 0 Å². The molecule has 0 amide bonds. The molecule has 4 nitrogen and oxygen atoms in total. The first-order valence-electron chi connectivity index (χ1n) is 5.58. The SMILES string of the molecule is CCOc1ccccc1OC[C@@H](O)C[NH2+]C. The molecule has 0 radical (unpaired) electrons. The van der Waals surface area contributed by atoms with Crippen molar-refractivity contribution in [3.05, 3.63) is 24.3 Å². The van der Waals surface area contributed by atoms with Crippen LogP contribution in [0.25, 0.3) is 0 Å². The number of nitrogens with two attached hydrogens (primary N) is 1. The van der Waals surface area contributed by atoms with Crippen LogP contribution in [0.3, 0.4) is 0 Å². The van der Waals surface area contributed by atoms with Gasteiger partial charge in [0, 0.05) is 0 Å². The van der Waals surface area contributed by atoms with Crippen LogP contribution in [0, 0.1) is 0 Å². The minimum Gasteiger partial charge on any atom is -0.490 e. The highest BCUT2D eigenvalue weighted by Gasteiger charge is 2.08. The predicted octanol–water partition coefficient (Wildman–Crippen LogP) is 0.0182. The van der Waals surface area contributed by atoms with Gasteiger partial charge < -0.3 is 19.9 Å². The molecule has 0 aliphatic heterocycles. The van der Waals surface area contributed by atoms with E-state index in [2.05, 4.69) is 0 Å². The number of ether oxygens (including phenoxy) is 2. The Morgan fingerprint density at radius 1 is 1.25 bits per heavy atom. The molecule has 0 heterocycles. The van der Waals surface area contributed by atoms with Gasteiger partial charge >= 0.3 is 0 Å². The van der Waals surface area contributed by atoms with Gasteiger partial charge in [-0.1, -0.05) is 12.1 Å². The molecular weight excluding hydrogens is 206 g/mol. The van der Waals surface area contributed by atoms with E-state index in [9.17, 15) is 5.11 Å². The lowest BCUT2D eigenvalue weighted by molar-refractivity contribution is -0.633. The highest BCUT2D eigenvalue weighted by Crippen LogP contribution is 2.26. The molecule has 0 saturated heterocycles. The third kappa shape index (κ3) is 4.08. The minimum atomic E-state index is -0.459. The van der Waals surface area contributed by atoms with Crippen molar-refractivity contribution >= 4 is 0 Å². The fraction of sp³-hybridized carbons (Fsp3) is 0.500. The molecule has 1 atom stereocenters. The van der Waals surface area contributed by atoms with Gasteiger partial charge in [0.2, 0.25) is 0 Å². The van der Waals surface area contributed by atoms with Crippen molar-refractivity contribution in [3.8, 4) is 11.5 Å². The maximum atomic E-state index is 9.53. The smallest absolute Gasteiger partial charge is 0.161 e. The van der Waals surface area contributed by atoms with Gasteiger partial charge in [0.25, 0.3) is 0 Å². The van der Waals surface area contributed by atoms with Crippen LogP contribution in [0.1, 0.15) is 6.92 Å². The second-order valence-electron chi connectivity index (χ2n) is 3.49. The van der Waals surface area contributed by atoms with Crippen molar-refractivity contribution in [2.75, 3.05) is 26.8 Å². The molecule has 0 spiro atoms. The molecule has 0 saturated carbocycles. The van der Waals surface area contributed by atoms with Crippen molar-refractivity contribution in [1.82, 2.24) is 0 Å². The summed E-state index contributed by atoms with van der Waals surface area (Å²) >= 11 is 0. The summed E-state index contributed by atoms with van der Waals surface area (Å²) in [5, 5.41) is 11.5. The van der Waals surface area contributed by atoms with Gasteiger partial charge in [-0.15, -0.1) is 0 Å². The summed E-state index contributed by atoms with van der Waals surface area (Å²) in [5.74, 6) is 1.40. The Kier molecular flexibility index (Phi) is 5.67. The van der Waals surface area contributed by atoms with Crippen LogP contribution < -0.4 is 14.8 Å². The van der Waals surface area contributed by atoms with Crippen LogP contribution in [0.15, 0.2) is 24.3 Å². The Hall–Kier alpha value is -1.26. The number of quaternary nitrogens is 1. The molecule has 0 bridgehead atoms. The van der Waals surface area contributed by atoms with E-state index in [1.54, 1.807) is 0 Å². The van der Waals surface area contributed by atoms with Crippen molar-refractivity contribution in [1.29, 1.82) is 0 Å². The summed E-state index contributed by atoms with van der Waals surface area (Å²) in [4.78, 5) is 0. The van der Waals surface area contributed by atoms with Gasteiger partial charge in [0.15, 0.2) is 11.5 Å². The first-order valence-corrected chi connectivity index (χ1v) is 5.58. The lowest BCUT2D eigenvalue weighted by Crippen LogP contribution is -2.82. The van der Waals surface area contributed by atoms with E-state index in [1.165, 1.54) is 0 Å². The number of hydrogen-bond donors (Lipinski definition) is 2. The van der Waals surface area contributed by atoms with Crippen molar-refractivity contribution in [2.24, 2.45) is 0 Å². The van der Waals surface area contributed by atoms with Gasteiger partial charge in [-0.25, -0.2) is 0 Å². The average Bonchev–Trinajstić information content (AvgIpc) is 2.29. The van der Waals surface area contributed by atoms with Crippen LogP contribution >= 0.6 is 0 Å². The second kappa shape index (κ2) is 7.09. The summed E-state index contributed by atoms with van der Waals surface area (Å²) in [6.45, 7) is 3.45. The Morgan fingerprint density at radius 3 is 2.44 bits per heavy atom. The van der Waals surface area contributed by atoms with Gasteiger partial charge in [0.05, 0.1) is 13.7 Å². The lowest BCUT2D eigenvalue weighted by Gasteiger charge is -2.13. The normalized spacial score (nSPS) is 12.2. The number of likely N-dealkylation sites (N-methyl/N-ethyl adjacent to an activating group) is 1. The zero-order valence-corrected chi connectivity index (χ0v) is 9.85. The van der Waals surface area contributed by atoms with Gasteiger partial charge in [-0.2, -0.15) is 0 Å². The highest BCUT2D eigenvalue weighted by atomic mass is 16.5. The van der Waals surface area contributed by atoms with Gasteiger partial charge in [0.1, 0.15) is 19.3 Å². The lowest BCUT2D eigenvalue weighted by atomic mass is 10.3. The first-order chi connectivity index (χ1) is 7.77. The number of aliphatic hydroxyl groups is 1. The van der Waals surface area contributed by atoms with Crippen LogP contribution in [-0.4, -0.2) is 38.0 Å². The third-order valence-corrected chi connectivity index (χ3v) is 2.09. The van der Waals surface area contributed by atoms with E-state index in [-0.39, 0.29) is 6.61 Å². The molecule has 1 aromatic carbocycles. The maximum Gasteiger partial charge on any atom is 0.161 e. The second-order valence-corrected chi connectivity index (χ2v) is 3.49. The zero-order chi connectivity index (χ0) is 11.8. The van der Waals surface area contributed by atoms with Gasteiger partial charge in [-0.05, 0) is 19.1 Å². The summed E-state index contributed by atoms with van der Waals surface area (Å²) in [6.07, 6.45) is -0.459. The largest absolute Gasteiger partial charge is 0.490 e. The molecule has 0 aliphatic carbocycles. The molecule has 1 aromatic rings. The van der Waals surface area contributed by atoms with Crippen LogP contribution in [0.5, 0.6) is 11.5 Å². The fourth-order valence-electron chi connectivity index (χ4n) is 1.37. The maximum absolute atomic E-state index is 9.53. The van der Waals surface area contributed by atoms with E-state index in [1.807, 2.05) is 43.6 Å². The average molecular weight is 226 g/mol. The highest BCUT2D eigenvalue weighted by molar-refractivity contribution is 5.39. The molecule has 0 aliphatic rings. The number of aliphatic hydroxyl groups excluding tert-OH is 1. The molecule has 0 unspecified atom stereocenters. The van der Waals surface area contributed by atoms with E-state index in [4.69, 9.17) is 9.47 Å². The number of benzene rings is 1. The van der Waals surface area contributed by atoms with Crippen molar-refractivity contribution in [3.63, 3.8) is 0 Å². The zero-order valence-electron chi connectivity index (χ0n) is 9.85. The van der Waals surface area contributed by atoms with E-state index in [0.717, 1.165) is 5.75 Å². The number of rotatable bonds is 7. The fourth-order valence-corrected chi connectivity index (χ4v) is 1.37. The van der Waals surface area contributed by atoms with E-state index in [0.29, 0.717) is 18.9 Å². The third-order valence-electron chi connectivity index (χ3n) is 2.09. The summed E-state index contributed by atoms with van der Waals surface area (Å²) in [7, 11) is 1.91. The number of hydrogen-bond acceptors (Lipinski definition) is 3.